The fraction of sp³-hybridized carbons (Fsp3) is 0.500. The number of carbonyl (C=O) groups is 4. The van der Waals surface area contributed by atoms with Gasteiger partial charge >= 0.3 is 5.97 Å². The number of aromatic nitrogens is 1. The lowest BCUT2D eigenvalue weighted by Gasteiger charge is -2.35. The number of benzene rings is 2. The third-order valence-corrected chi connectivity index (χ3v) is 9.80. The van der Waals surface area contributed by atoms with E-state index in [1.807, 2.05) is 87.8 Å². The first kappa shape index (κ1) is 37.7. The number of nitrogens with zero attached hydrogens (tertiary/aromatic N) is 2. The van der Waals surface area contributed by atoms with Crippen molar-refractivity contribution >= 4 is 35.0 Å². The lowest BCUT2D eigenvalue weighted by molar-refractivity contribution is -0.144. The number of unbranched alkanes of at least 4 members (excludes halogenated alkanes) is 4. The number of carbonyl (C=O) groups excluding carboxylic acids is 3. The molecule has 3 aromatic rings. The Kier molecular flexibility index (Phi) is 13.9. The Morgan fingerprint density at radius 1 is 0.959 bits per heavy atom. The van der Waals surface area contributed by atoms with Gasteiger partial charge in [0.05, 0.1) is 28.8 Å². The van der Waals surface area contributed by atoms with Crippen molar-refractivity contribution in [2.75, 3.05) is 6.54 Å². The molecule has 0 saturated carbocycles. The molecule has 11 heteroatoms. The Labute approximate surface area is 293 Å². The molecule has 3 N–H and O–H groups in total. The molecule has 2 heterocycles. The van der Waals surface area contributed by atoms with E-state index in [1.54, 1.807) is 16.2 Å². The van der Waals surface area contributed by atoms with Crippen LogP contribution in [0.5, 0.6) is 0 Å². The molecule has 1 fully saturated rings. The van der Waals surface area contributed by atoms with Crippen LogP contribution in [0.4, 0.5) is 0 Å². The number of ether oxygens (including phenoxy) is 1. The lowest BCUT2D eigenvalue weighted by Crippen LogP contribution is -2.57. The van der Waals surface area contributed by atoms with Crippen LogP contribution >= 0.6 is 11.3 Å². The van der Waals surface area contributed by atoms with Crippen LogP contribution in [0.15, 0.2) is 60.1 Å². The summed E-state index contributed by atoms with van der Waals surface area (Å²) >= 11 is 1.59. The van der Waals surface area contributed by atoms with Gasteiger partial charge in [0.25, 0.3) is 0 Å². The van der Waals surface area contributed by atoms with Crippen molar-refractivity contribution < 1.29 is 29.0 Å². The van der Waals surface area contributed by atoms with E-state index in [9.17, 15) is 19.2 Å². The highest BCUT2D eigenvalue weighted by Crippen LogP contribution is 2.29. The number of carboxylic acids is 1. The lowest BCUT2D eigenvalue weighted by atomic mass is 9.85. The molecule has 0 aliphatic carbocycles. The molecule has 1 aliphatic rings. The van der Waals surface area contributed by atoms with Crippen LogP contribution in [0.2, 0.25) is 0 Å². The molecule has 3 amide bonds. The molecule has 0 spiro atoms. The van der Waals surface area contributed by atoms with Crippen molar-refractivity contribution in [3.8, 4) is 10.4 Å². The van der Waals surface area contributed by atoms with Crippen molar-refractivity contribution in [3.63, 3.8) is 0 Å². The van der Waals surface area contributed by atoms with Gasteiger partial charge in [0, 0.05) is 32.4 Å². The largest absolute Gasteiger partial charge is 0.481 e. The Balaban J connectivity index is 1.40. The molecule has 0 radical (unpaired) electrons. The van der Waals surface area contributed by atoms with Crippen molar-refractivity contribution in [2.45, 2.75) is 110 Å². The van der Waals surface area contributed by atoms with Crippen LogP contribution in [0, 0.1) is 12.3 Å². The maximum Gasteiger partial charge on any atom is 0.303 e. The van der Waals surface area contributed by atoms with Gasteiger partial charge in [-0.2, -0.15) is 0 Å². The Hall–Kier alpha value is -4.09. The molecule has 1 aliphatic heterocycles. The maximum atomic E-state index is 14.2. The molecular weight excluding hydrogens is 641 g/mol. The van der Waals surface area contributed by atoms with Crippen molar-refractivity contribution in [2.24, 2.45) is 5.41 Å². The van der Waals surface area contributed by atoms with E-state index in [1.165, 1.54) is 0 Å². The van der Waals surface area contributed by atoms with Gasteiger partial charge < -0.3 is 25.4 Å². The molecule has 0 bridgehead atoms. The van der Waals surface area contributed by atoms with E-state index in [2.05, 4.69) is 15.6 Å². The van der Waals surface area contributed by atoms with Crippen LogP contribution in [0.25, 0.3) is 10.4 Å². The van der Waals surface area contributed by atoms with Gasteiger partial charge in [0.1, 0.15) is 12.1 Å². The fourth-order valence-corrected chi connectivity index (χ4v) is 6.81. The quantitative estimate of drug-likeness (QED) is 0.142. The van der Waals surface area contributed by atoms with E-state index in [4.69, 9.17) is 9.84 Å². The molecular formula is C38H50N4O6S. The zero-order valence-corrected chi connectivity index (χ0v) is 29.9. The van der Waals surface area contributed by atoms with Gasteiger partial charge in [-0.25, -0.2) is 4.98 Å². The topological polar surface area (TPSA) is 138 Å². The molecule has 264 valence electrons. The van der Waals surface area contributed by atoms with Crippen LogP contribution < -0.4 is 10.6 Å². The monoisotopic (exact) mass is 690 g/mol. The van der Waals surface area contributed by atoms with Gasteiger partial charge in [-0.15, -0.1) is 11.3 Å². The standard InChI is InChI=1S/C38H50N4O6S/c1-26-34(49-25-40-26)29-19-17-27(18-20-29)22-39-36(46)31-21-30(48-24-28-13-9-8-10-14-28)23-42(31)37(47)35(38(2,3)4)41-32(43)15-11-6-5-7-12-16-33(44)45/h8-10,13-14,17-20,25,30-31,35H,5-7,11-12,15-16,21-24H2,1-4H3,(H,39,46)(H,41,43)(H,44,45)/t30-,31+,35-/m1/s1. The predicted octanol–water partition coefficient (Wildman–Crippen LogP) is 6.27. The first-order valence-electron chi connectivity index (χ1n) is 17.2. The summed E-state index contributed by atoms with van der Waals surface area (Å²) in [5, 5.41) is 14.8. The van der Waals surface area contributed by atoms with Crippen LogP contribution in [-0.4, -0.2) is 63.4 Å². The SMILES string of the molecule is Cc1ncsc1-c1ccc(CNC(=O)[C@@H]2C[C@@H](OCc3ccccc3)CN2C(=O)[C@@H](NC(=O)CCCCCCCC(=O)O)C(C)(C)C)cc1. The fourth-order valence-electron chi connectivity index (χ4n) is 6.00. The number of nitrogens with one attached hydrogen (secondary N) is 2. The number of thiazole rings is 1. The molecule has 2 aromatic carbocycles. The average molecular weight is 691 g/mol. The summed E-state index contributed by atoms with van der Waals surface area (Å²) < 4.78 is 6.23. The molecule has 3 atom stereocenters. The Morgan fingerprint density at radius 3 is 2.27 bits per heavy atom. The highest BCUT2D eigenvalue weighted by molar-refractivity contribution is 7.13. The third-order valence-electron chi connectivity index (χ3n) is 8.82. The Bertz CT molecular complexity index is 1540. The minimum Gasteiger partial charge on any atom is -0.481 e. The summed E-state index contributed by atoms with van der Waals surface area (Å²) in [6, 6.07) is 16.2. The van der Waals surface area contributed by atoms with Crippen molar-refractivity contribution in [1.29, 1.82) is 0 Å². The molecule has 49 heavy (non-hydrogen) atoms. The third kappa shape index (κ3) is 11.5. The summed E-state index contributed by atoms with van der Waals surface area (Å²) in [6.45, 7) is 8.62. The molecule has 10 nitrogen and oxygen atoms in total. The first-order chi connectivity index (χ1) is 23.4. The van der Waals surface area contributed by atoms with Crippen molar-refractivity contribution in [1.82, 2.24) is 20.5 Å². The minimum absolute atomic E-state index is 0.157. The minimum atomic E-state index is -0.832. The van der Waals surface area contributed by atoms with Gasteiger partial charge in [-0.05, 0) is 41.9 Å². The second-order valence-corrected chi connectivity index (χ2v) is 14.7. The number of hydrogen-bond acceptors (Lipinski definition) is 7. The summed E-state index contributed by atoms with van der Waals surface area (Å²) in [5.74, 6) is -1.57. The van der Waals surface area contributed by atoms with E-state index in [0.717, 1.165) is 46.5 Å². The average Bonchev–Trinajstić information content (AvgIpc) is 3.71. The zero-order valence-electron chi connectivity index (χ0n) is 29.1. The molecule has 0 unspecified atom stereocenters. The molecule has 1 aromatic heterocycles. The highest BCUT2D eigenvalue weighted by Gasteiger charge is 2.45. The van der Waals surface area contributed by atoms with E-state index < -0.39 is 23.5 Å². The summed E-state index contributed by atoms with van der Waals surface area (Å²) in [6.07, 6.45) is 4.18. The van der Waals surface area contributed by atoms with Gasteiger partial charge in [-0.1, -0.05) is 94.6 Å². The van der Waals surface area contributed by atoms with Gasteiger partial charge in [0.2, 0.25) is 17.7 Å². The van der Waals surface area contributed by atoms with Crippen molar-refractivity contribution in [3.05, 3.63) is 76.9 Å². The molecule has 4 rings (SSSR count). The second kappa shape index (κ2) is 18.1. The van der Waals surface area contributed by atoms with E-state index >= 15 is 0 Å². The van der Waals surface area contributed by atoms with Gasteiger partial charge in [-0.3, -0.25) is 19.2 Å². The predicted molar refractivity (Wildman–Crippen MR) is 191 cm³/mol. The number of amides is 3. The number of rotatable bonds is 17. The first-order valence-corrected chi connectivity index (χ1v) is 18.0. The summed E-state index contributed by atoms with van der Waals surface area (Å²) in [5.41, 5.74) is 5.23. The van der Waals surface area contributed by atoms with Crippen LogP contribution in [0.1, 0.15) is 89.0 Å². The Morgan fingerprint density at radius 2 is 1.63 bits per heavy atom. The zero-order chi connectivity index (χ0) is 35.4. The number of carboxylic acid groups (broad SMARTS) is 1. The number of likely N-dealkylation sites (tertiary alicyclic amines) is 1. The number of aliphatic carboxylic acids is 1. The molecule has 1 saturated heterocycles. The van der Waals surface area contributed by atoms with Crippen LogP contribution in [-0.2, 0) is 37.1 Å². The summed E-state index contributed by atoms with van der Waals surface area (Å²) in [7, 11) is 0. The number of hydrogen-bond donors (Lipinski definition) is 3. The maximum absolute atomic E-state index is 14.2. The normalized spacial score (nSPS) is 16.7. The second-order valence-electron chi connectivity index (χ2n) is 13.9. The van der Waals surface area contributed by atoms with E-state index in [-0.39, 0.29) is 43.2 Å². The van der Waals surface area contributed by atoms with Crippen LogP contribution in [0.3, 0.4) is 0 Å². The number of aryl methyl sites for hydroxylation is 1. The van der Waals surface area contributed by atoms with E-state index in [0.29, 0.717) is 32.4 Å². The smallest absolute Gasteiger partial charge is 0.303 e. The summed E-state index contributed by atoms with van der Waals surface area (Å²) in [4.78, 5) is 58.8. The van der Waals surface area contributed by atoms with Gasteiger partial charge in [0.15, 0.2) is 0 Å². The highest BCUT2D eigenvalue weighted by atomic mass is 32.1.